The number of Topliss-reactive ketones (excluding diaryl/α,β-unsaturated/α-hetero) is 1. The van der Waals surface area contributed by atoms with Crippen molar-refractivity contribution >= 4 is 5.78 Å². The van der Waals surface area contributed by atoms with E-state index in [-0.39, 0.29) is 11.3 Å². The largest absolute Gasteiger partial charge is 0.472 e. The number of carbonyl (C=O) groups excluding carboxylic acids is 1. The number of carbonyl (C=O) groups is 1. The zero-order valence-corrected chi connectivity index (χ0v) is 14.6. The normalized spacial score (nSPS) is 49.7. The molecule has 4 nitrogen and oxygen atoms in total. The van der Waals surface area contributed by atoms with Crippen LogP contribution >= 0.6 is 0 Å². The Morgan fingerprint density at radius 3 is 2.92 bits per heavy atom. The quantitative estimate of drug-likeness (QED) is 0.732. The topological polar surface area (TPSA) is 48.7 Å². The van der Waals surface area contributed by atoms with Gasteiger partial charge in [-0.25, -0.2) is 0 Å². The molecule has 4 heteroatoms. The summed E-state index contributed by atoms with van der Waals surface area (Å²) in [5, 5.41) is 0. The lowest BCUT2D eigenvalue weighted by Gasteiger charge is -2.62. The molecule has 5 atom stereocenters. The molecule has 1 saturated carbocycles. The molecule has 2 aliphatic heterocycles. The molecule has 1 aromatic rings. The highest BCUT2D eigenvalue weighted by molar-refractivity contribution is 5.92. The van der Waals surface area contributed by atoms with Crippen molar-refractivity contribution in [2.24, 2.45) is 16.7 Å². The Balaban J connectivity index is 1.78. The van der Waals surface area contributed by atoms with E-state index in [0.29, 0.717) is 18.8 Å². The summed E-state index contributed by atoms with van der Waals surface area (Å²) in [5.41, 5.74) is 0.899. The van der Waals surface area contributed by atoms with Gasteiger partial charge in [-0.1, -0.05) is 25.5 Å². The summed E-state index contributed by atoms with van der Waals surface area (Å²) < 4.78 is 18.5. The Bertz CT molecular complexity index is 750. The standard InChI is InChI=1S/C20H24O4/c1-13-5-4-7-20-17(3)11-19(24-20,15-6-8-22-10-15)23-12-18(13,20)16(21)9-14(17)2/h5-6,8,10,14H,4,7,9,11-12H2,1-3H3/t14-,17+,18+,19+,20+/m0/s1. The van der Waals surface area contributed by atoms with E-state index in [2.05, 4.69) is 26.8 Å². The van der Waals surface area contributed by atoms with Crippen molar-refractivity contribution in [3.8, 4) is 0 Å². The van der Waals surface area contributed by atoms with Crippen LogP contribution < -0.4 is 0 Å². The van der Waals surface area contributed by atoms with Crippen LogP contribution in [-0.2, 0) is 20.1 Å². The summed E-state index contributed by atoms with van der Waals surface area (Å²) in [5.74, 6) is -0.204. The molecule has 1 spiro atoms. The molecule has 0 unspecified atom stereocenters. The number of ether oxygens (including phenoxy) is 2. The van der Waals surface area contributed by atoms with Crippen LogP contribution in [0.3, 0.4) is 0 Å². The van der Waals surface area contributed by atoms with Crippen molar-refractivity contribution in [1.29, 1.82) is 0 Å². The second-order valence-corrected chi connectivity index (χ2v) is 8.44. The number of hydrogen-bond acceptors (Lipinski definition) is 4. The van der Waals surface area contributed by atoms with Gasteiger partial charge in [-0.05, 0) is 31.7 Å². The zero-order valence-electron chi connectivity index (χ0n) is 14.6. The molecule has 128 valence electrons. The van der Waals surface area contributed by atoms with Gasteiger partial charge in [-0.15, -0.1) is 0 Å². The van der Waals surface area contributed by atoms with Crippen LogP contribution in [0.4, 0.5) is 0 Å². The lowest BCUT2D eigenvalue weighted by Crippen LogP contribution is -2.70. The molecule has 24 heavy (non-hydrogen) atoms. The molecule has 3 fully saturated rings. The van der Waals surface area contributed by atoms with Gasteiger partial charge in [0.1, 0.15) is 11.2 Å². The second kappa shape index (κ2) is 4.23. The Labute approximate surface area is 142 Å². The first kappa shape index (κ1) is 14.9. The predicted molar refractivity (Wildman–Crippen MR) is 87.1 cm³/mol. The van der Waals surface area contributed by atoms with Gasteiger partial charge in [0.2, 0.25) is 0 Å². The molecule has 1 aromatic heterocycles. The van der Waals surface area contributed by atoms with E-state index in [0.717, 1.165) is 30.4 Å². The Morgan fingerprint density at radius 2 is 2.17 bits per heavy atom. The summed E-state index contributed by atoms with van der Waals surface area (Å²) in [6, 6.07) is 1.93. The van der Waals surface area contributed by atoms with Crippen LogP contribution in [0, 0.1) is 16.7 Å². The van der Waals surface area contributed by atoms with Crippen LogP contribution in [0.25, 0.3) is 0 Å². The van der Waals surface area contributed by atoms with Crippen molar-refractivity contribution in [1.82, 2.24) is 0 Å². The average Bonchev–Trinajstić information content (AvgIpc) is 3.14. The fourth-order valence-corrected chi connectivity index (χ4v) is 6.21. The first-order valence-corrected chi connectivity index (χ1v) is 8.98. The highest BCUT2D eigenvalue weighted by Gasteiger charge is 2.80. The van der Waals surface area contributed by atoms with E-state index in [1.165, 1.54) is 0 Å². The van der Waals surface area contributed by atoms with Gasteiger partial charge >= 0.3 is 0 Å². The number of fused-ring (bicyclic) bond motifs is 1. The van der Waals surface area contributed by atoms with E-state index >= 15 is 0 Å². The minimum Gasteiger partial charge on any atom is -0.472 e. The van der Waals surface area contributed by atoms with E-state index in [1.54, 1.807) is 12.5 Å². The lowest BCUT2D eigenvalue weighted by atomic mass is 9.44. The van der Waals surface area contributed by atoms with Gasteiger partial charge in [0.05, 0.1) is 24.7 Å². The summed E-state index contributed by atoms with van der Waals surface area (Å²) in [6.45, 7) is 7.03. The first-order chi connectivity index (χ1) is 11.4. The van der Waals surface area contributed by atoms with Crippen molar-refractivity contribution < 1.29 is 18.7 Å². The molecular formula is C20H24O4. The smallest absolute Gasteiger partial charge is 0.199 e. The molecule has 3 heterocycles. The number of hydrogen-bond donors (Lipinski definition) is 0. The third kappa shape index (κ3) is 1.32. The molecule has 2 saturated heterocycles. The molecule has 5 rings (SSSR count). The van der Waals surface area contributed by atoms with Gasteiger partial charge in [-0.3, -0.25) is 4.79 Å². The van der Waals surface area contributed by atoms with Crippen molar-refractivity contribution in [2.45, 2.75) is 57.8 Å². The number of furan rings is 1. The van der Waals surface area contributed by atoms with Crippen molar-refractivity contribution in [3.05, 3.63) is 35.8 Å². The van der Waals surface area contributed by atoms with E-state index in [9.17, 15) is 4.79 Å². The summed E-state index contributed by atoms with van der Waals surface area (Å²) >= 11 is 0. The zero-order chi connectivity index (χ0) is 16.8. The van der Waals surface area contributed by atoms with Gasteiger partial charge in [0.25, 0.3) is 0 Å². The van der Waals surface area contributed by atoms with Gasteiger partial charge in [0.15, 0.2) is 5.79 Å². The minimum absolute atomic E-state index is 0.0931. The Kier molecular flexibility index (Phi) is 2.63. The minimum atomic E-state index is -0.776. The van der Waals surface area contributed by atoms with Crippen LogP contribution in [-0.4, -0.2) is 18.0 Å². The maximum Gasteiger partial charge on any atom is 0.199 e. The average molecular weight is 328 g/mol. The number of allylic oxidation sites excluding steroid dienone is 1. The molecule has 2 aliphatic carbocycles. The van der Waals surface area contributed by atoms with Gasteiger partial charge in [-0.2, -0.15) is 0 Å². The lowest BCUT2D eigenvalue weighted by molar-refractivity contribution is -0.344. The highest BCUT2D eigenvalue weighted by Crippen LogP contribution is 2.74. The van der Waals surface area contributed by atoms with Crippen molar-refractivity contribution in [2.75, 3.05) is 6.61 Å². The van der Waals surface area contributed by atoms with E-state index in [4.69, 9.17) is 13.9 Å². The van der Waals surface area contributed by atoms with Gasteiger partial charge < -0.3 is 13.9 Å². The van der Waals surface area contributed by atoms with E-state index < -0.39 is 16.8 Å². The highest BCUT2D eigenvalue weighted by atomic mass is 16.7. The molecule has 0 aromatic carbocycles. The number of rotatable bonds is 1. The van der Waals surface area contributed by atoms with Crippen molar-refractivity contribution in [3.63, 3.8) is 0 Å². The summed E-state index contributed by atoms with van der Waals surface area (Å²) in [6.07, 6.45) is 8.85. The fourth-order valence-electron chi connectivity index (χ4n) is 6.21. The molecule has 0 radical (unpaired) electrons. The third-order valence-corrected chi connectivity index (χ3v) is 7.71. The first-order valence-electron chi connectivity index (χ1n) is 8.98. The van der Waals surface area contributed by atoms with Crippen LogP contribution in [0.5, 0.6) is 0 Å². The SMILES string of the molecule is CC1=CCC[C@@]23O[C@@]4(c5ccoc5)C[C@]2(C)[C@@H](C)CC(=O)[C@@]13CO4. The van der Waals surface area contributed by atoms with Gasteiger partial charge in [0, 0.05) is 23.8 Å². The van der Waals surface area contributed by atoms with Crippen LogP contribution in [0.15, 0.2) is 34.7 Å². The maximum atomic E-state index is 13.3. The Hall–Kier alpha value is -1.39. The Morgan fingerprint density at radius 1 is 1.33 bits per heavy atom. The fraction of sp³-hybridized carbons (Fsp3) is 0.650. The third-order valence-electron chi connectivity index (χ3n) is 7.71. The second-order valence-electron chi connectivity index (χ2n) is 8.44. The molecule has 0 amide bonds. The number of ketones is 1. The molecule has 0 N–H and O–H groups in total. The van der Waals surface area contributed by atoms with Crippen LogP contribution in [0.2, 0.25) is 0 Å². The summed E-state index contributed by atoms with van der Waals surface area (Å²) in [7, 11) is 0. The molecule has 2 bridgehead atoms. The van der Waals surface area contributed by atoms with Crippen LogP contribution in [0.1, 0.15) is 52.0 Å². The molecule has 4 aliphatic rings. The summed E-state index contributed by atoms with van der Waals surface area (Å²) in [4.78, 5) is 13.3. The maximum absolute atomic E-state index is 13.3. The van der Waals surface area contributed by atoms with E-state index in [1.807, 2.05) is 6.07 Å². The predicted octanol–water partition coefficient (Wildman–Crippen LogP) is 3.96. The monoisotopic (exact) mass is 328 g/mol. The molecular weight excluding hydrogens is 304 g/mol.